The molecule has 0 unspecified atom stereocenters. The van der Waals surface area contributed by atoms with Gasteiger partial charge in [-0.05, 0) is 42.7 Å². The lowest BCUT2D eigenvalue weighted by Gasteiger charge is -2.08. The molecule has 0 heteroatoms. The highest BCUT2D eigenvalue weighted by atomic mass is 14.2. The predicted octanol–water partition coefficient (Wildman–Crippen LogP) is 4.67. The van der Waals surface area contributed by atoms with Crippen LogP contribution in [0.5, 0.6) is 0 Å². The molecule has 0 fully saturated rings. The molecule has 0 spiro atoms. The second kappa shape index (κ2) is 5.16. The average molecular weight is 200 g/mol. The molecule has 80 valence electrons. The number of hydrogen-bond acceptors (Lipinski definition) is 0. The van der Waals surface area contributed by atoms with Gasteiger partial charge in [0.1, 0.15) is 0 Å². The maximum Gasteiger partial charge on any atom is -0.0228 e. The van der Waals surface area contributed by atoms with Crippen LogP contribution in [0.25, 0.3) is 5.57 Å². The molecule has 0 nitrogen and oxygen atoms in total. The molecule has 0 heterocycles. The maximum absolute atomic E-state index is 2.52. The first-order chi connectivity index (χ1) is 7.40. The lowest BCUT2D eigenvalue weighted by molar-refractivity contribution is 0.547. The summed E-state index contributed by atoms with van der Waals surface area (Å²) < 4.78 is 0. The van der Waals surface area contributed by atoms with Crippen molar-refractivity contribution in [1.29, 1.82) is 0 Å². The summed E-state index contributed by atoms with van der Waals surface area (Å²) in [5.41, 5.74) is 3.00. The van der Waals surface area contributed by atoms with Crippen LogP contribution < -0.4 is 0 Å². The Hall–Kier alpha value is -1.04. The van der Waals surface area contributed by atoms with Gasteiger partial charge in [0, 0.05) is 0 Å². The van der Waals surface area contributed by atoms with Gasteiger partial charge in [0.05, 0.1) is 0 Å². The molecule has 0 amide bonds. The van der Waals surface area contributed by atoms with E-state index in [0.717, 1.165) is 5.92 Å². The first-order valence-electron chi connectivity index (χ1n) is 6.16. The van der Waals surface area contributed by atoms with E-state index >= 15 is 0 Å². The Morgan fingerprint density at radius 1 is 1.13 bits per heavy atom. The minimum absolute atomic E-state index is 0.808. The minimum atomic E-state index is 0.808. The second-order valence-electron chi connectivity index (χ2n) is 4.47. The van der Waals surface area contributed by atoms with Gasteiger partial charge in [0.15, 0.2) is 0 Å². The van der Waals surface area contributed by atoms with Gasteiger partial charge < -0.3 is 0 Å². The van der Waals surface area contributed by atoms with Crippen LogP contribution in [-0.2, 0) is 0 Å². The van der Waals surface area contributed by atoms with Gasteiger partial charge in [-0.3, -0.25) is 0 Å². The van der Waals surface area contributed by atoms with Crippen LogP contribution in [0.1, 0.15) is 44.6 Å². The highest BCUT2D eigenvalue weighted by Gasteiger charge is 2.11. The number of hydrogen-bond donors (Lipinski definition) is 0. The zero-order valence-corrected chi connectivity index (χ0v) is 9.58. The van der Waals surface area contributed by atoms with E-state index in [4.69, 9.17) is 0 Å². The third-order valence-corrected chi connectivity index (χ3v) is 3.38. The van der Waals surface area contributed by atoms with E-state index < -0.39 is 0 Å². The van der Waals surface area contributed by atoms with Gasteiger partial charge in [-0.1, -0.05) is 49.8 Å². The molecule has 1 aliphatic rings. The number of rotatable bonds is 2. The minimum Gasteiger partial charge on any atom is -0.0776 e. The molecule has 2 rings (SSSR count). The largest absolute Gasteiger partial charge is 0.0776 e. The molecule has 1 aromatic rings. The van der Waals surface area contributed by atoms with Crippen LogP contribution in [-0.4, -0.2) is 0 Å². The Kier molecular flexibility index (Phi) is 3.60. The van der Waals surface area contributed by atoms with Gasteiger partial charge in [0.25, 0.3) is 0 Å². The van der Waals surface area contributed by atoms with Gasteiger partial charge in [-0.25, -0.2) is 0 Å². The highest BCUT2D eigenvalue weighted by Crippen LogP contribution is 2.29. The summed E-state index contributed by atoms with van der Waals surface area (Å²) in [4.78, 5) is 0. The van der Waals surface area contributed by atoms with E-state index in [9.17, 15) is 0 Å². The summed E-state index contributed by atoms with van der Waals surface area (Å²) in [5, 5.41) is 0. The van der Waals surface area contributed by atoms with Crippen molar-refractivity contribution in [2.45, 2.75) is 39.0 Å². The van der Waals surface area contributed by atoms with E-state index in [0.29, 0.717) is 0 Å². The molecule has 0 N–H and O–H groups in total. The Bertz CT molecular complexity index is 321. The highest BCUT2D eigenvalue weighted by molar-refractivity contribution is 5.65. The van der Waals surface area contributed by atoms with Crippen molar-refractivity contribution in [1.82, 2.24) is 0 Å². The number of allylic oxidation sites excluding steroid dienone is 2. The summed E-state index contributed by atoms with van der Waals surface area (Å²) >= 11 is 0. The van der Waals surface area contributed by atoms with Crippen molar-refractivity contribution in [2.24, 2.45) is 5.92 Å². The Morgan fingerprint density at radius 2 is 1.93 bits per heavy atom. The molecule has 0 aromatic heterocycles. The third kappa shape index (κ3) is 2.71. The van der Waals surface area contributed by atoms with E-state index in [-0.39, 0.29) is 0 Å². The summed E-state index contributed by atoms with van der Waals surface area (Å²) in [5.74, 6) is 0.808. The Labute approximate surface area is 93.0 Å². The normalized spacial score (nSPS) is 21.9. The Balaban J connectivity index is 2.22. The summed E-state index contributed by atoms with van der Waals surface area (Å²) in [6.07, 6.45) is 9.20. The molecule has 15 heavy (non-hydrogen) atoms. The van der Waals surface area contributed by atoms with Crippen molar-refractivity contribution < 1.29 is 0 Å². The summed E-state index contributed by atoms with van der Waals surface area (Å²) in [7, 11) is 0. The SMILES string of the molecule is CC[C@@H]1C=C(c2ccccc2)CCCC1. The lowest BCUT2D eigenvalue weighted by Crippen LogP contribution is -1.92. The molecule has 0 saturated heterocycles. The molecule has 0 aliphatic heterocycles. The third-order valence-electron chi connectivity index (χ3n) is 3.38. The molecule has 1 atom stereocenters. The number of benzene rings is 1. The van der Waals surface area contributed by atoms with Crippen molar-refractivity contribution in [3.8, 4) is 0 Å². The van der Waals surface area contributed by atoms with Crippen molar-refractivity contribution >= 4 is 5.57 Å². The van der Waals surface area contributed by atoms with Crippen LogP contribution in [0.4, 0.5) is 0 Å². The van der Waals surface area contributed by atoms with Crippen molar-refractivity contribution in [3.05, 3.63) is 42.0 Å². The smallest absolute Gasteiger partial charge is 0.0228 e. The quantitative estimate of drug-likeness (QED) is 0.650. The summed E-state index contributed by atoms with van der Waals surface area (Å²) in [6, 6.07) is 10.9. The van der Waals surface area contributed by atoms with E-state index in [1.54, 1.807) is 5.57 Å². The molecule has 0 bridgehead atoms. The van der Waals surface area contributed by atoms with Gasteiger partial charge >= 0.3 is 0 Å². The van der Waals surface area contributed by atoms with Crippen LogP contribution >= 0.6 is 0 Å². The predicted molar refractivity (Wildman–Crippen MR) is 66.7 cm³/mol. The molecule has 0 radical (unpaired) electrons. The molecule has 0 saturated carbocycles. The standard InChI is InChI=1S/C15H20/c1-2-13-8-6-7-11-15(12-13)14-9-4-3-5-10-14/h3-5,9-10,12-13H,2,6-8,11H2,1H3/t13-/m0/s1. The first kappa shape index (κ1) is 10.5. The van der Waals surface area contributed by atoms with Crippen LogP contribution in [0.2, 0.25) is 0 Å². The van der Waals surface area contributed by atoms with Crippen LogP contribution in [0, 0.1) is 5.92 Å². The average Bonchev–Trinajstić information content (AvgIpc) is 2.55. The lowest BCUT2D eigenvalue weighted by atomic mass is 9.97. The fourth-order valence-corrected chi connectivity index (χ4v) is 2.39. The molecular formula is C15H20. The van der Waals surface area contributed by atoms with Crippen molar-refractivity contribution in [3.63, 3.8) is 0 Å². The summed E-state index contributed by atoms with van der Waals surface area (Å²) in [6.45, 7) is 2.30. The van der Waals surface area contributed by atoms with E-state index in [2.05, 4.69) is 43.3 Å². The Morgan fingerprint density at radius 3 is 2.67 bits per heavy atom. The van der Waals surface area contributed by atoms with Gasteiger partial charge in [0.2, 0.25) is 0 Å². The molecule has 1 aromatic carbocycles. The van der Waals surface area contributed by atoms with Gasteiger partial charge in [-0.2, -0.15) is 0 Å². The zero-order valence-electron chi connectivity index (χ0n) is 9.58. The van der Waals surface area contributed by atoms with Gasteiger partial charge in [-0.15, -0.1) is 0 Å². The fraction of sp³-hybridized carbons (Fsp3) is 0.467. The topological polar surface area (TPSA) is 0 Å². The maximum atomic E-state index is 2.52. The monoisotopic (exact) mass is 200 g/mol. The van der Waals surface area contributed by atoms with Crippen LogP contribution in [0.3, 0.4) is 0 Å². The second-order valence-corrected chi connectivity index (χ2v) is 4.47. The van der Waals surface area contributed by atoms with Crippen molar-refractivity contribution in [2.75, 3.05) is 0 Å². The van der Waals surface area contributed by atoms with E-state index in [1.165, 1.54) is 37.7 Å². The van der Waals surface area contributed by atoms with E-state index in [1.807, 2.05) is 0 Å². The molecular weight excluding hydrogens is 180 g/mol. The zero-order chi connectivity index (χ0) is 10.5. The molecule has 1 aliphatic carbocycles. The fourth-order valence-electron chi connectivity index (χ4n) is 2.39. The first-order valence-corrected chi connectivity index (χ1v) is 6.16. The van der Waals surface area contributed by atoms with Crippen LogP contribution in [0.15, 0.2) is 36.4 Å².